The van der Waals surface area contributed by atoms with E-state index in [1.165, 1.54) is 63.1 Å². The fourth-order valence-corrected chi connectivity index (χ4v) is 13.0. The Morgan fingerprint density at radius 1 is 0.454 bits per heavy atom. The van der Waals surface area contributed by atoms with E-state index in [0.717, 1.165) is 96.7 Å². The summed E-state index contributed by atoms with van der Waals surface area (Å²) >= 11 is 0. The Labute approximate surface area is 594 Å². The minimum atomic E-state index is -1.20. The van der Waals surface area contributed by atoms with Gasteiger partial charge in [-0.3, -0.25) is 14.7 Å². The maximum absolute atomic E-state index is 14.0. The van der Waals surface area contributed by atoms with Gasteiger partial charge < -0.3 is 48.6 Å². The van der Waals surface area contributed by atoms with Crippen LogP contribution in [0.5, 0.6) is 0 Å². The fraction of sp³-hybridized carbons (Fsp3) is 0.962. The van der Waals surface area contributed by atoms with Gasteiger partial charge in [0.15, 0.2) is 0 Å². The van der Waals surface area contributed by atoms with E-state index in [1.807, 2.05) is 81.1 Å². The molecule has 19 heteroatoms. The van der Waals surface area contributed by atoms with E-state index in [4.69, 9.17) is 23.7 Å². The summed E-state index contributed by atoms with van der Waals surface area (Å²) in [5, 5.41) is 3.04. The van der Waals surface area contributed by atoms with Crippen molar-refractivity contribution in [2.45, 2.75) is 304 Å². The number of nitrogens with one attached hydrogen (secondary N) is 1. The zero-order valence-corrected chi connectivity index (χ0v) is 67.9. The van der Waals surface area contributed by atoms with Crippen molar-refractivity contribution >= 4 is 18.3 Å². The van der Waals surface area contributed by atoms with Gasteiger partial charge >= 0.3 is 18.3 Å². The minimum Gasteiger partial charge on any atom is -0.444 e. The molecule has 3 atom stereocenters. The van der Waals surface area contributed by atoms with Gasteiger partial charge in [0.05, 0.1) is 45.1 Å². The third kappa shape index (κ3) is 45.8. The van der Waals surface area contributed by atoms with Crippen LogP contribution >= 0.6 is 0 Å². The summed E-state index contributed by atoms with van der Waals surface area (Å²) in [5.41, 5.74) is -3.70. The number of ether oxygens (including phenoxy) is 5. The van der Waals surface area contributed by atoms with Crippen LogP contribution in [0, 0.1) is 40.4 Å². The van der Waals surface area contributed by atoms with Crippen molar-refractivity contribution in [3.63, 3.8) is 0 Å². The quantitative estimate of drug-likeness (QED) is 0.139. The predicted molar refractivity (Wildman–Crippen MR) is 398 cm³/mol. The molecule has 0 aromatic rings. The van der Waals surface area contributed by atoms with Gasteiger partial charge in [-0.1, -0.05) is 125 Å². The van der Waals surface area contributed by atoms with Crippen LogP contribution in [0.4, 0.5) is 27.6 Å². The summed E-state index contributed by atoms with van der Waals surface area (Å²) in [7, 11) is 0. The summed E-state index contributed by atoms with van der Waals surface area (Å²) in [5.74, 6) is 2.90. The molecule has 3 amide bonds. The molecule has 7 aliphatic heterocycles. The average molecular weight is 1390 g/mol. The van der Waals surface area contributed by atoms with Crippen molar-refractivity contribution in [3.05, 3.63) is 0 Å². The van der Waals surface area contributed by atoms with E-state index in [-0.39, 0.29) is 36.8 Å². The predicted octanol–water partition coefficient (Wildman–Crippen LogP) is 17.1. The highest BCUT2D eigenvalue weighted by Crippen LogP contribution is 2.34. The number of rotatable bonds is 17. The Balaban J connectivity index is 0.000000572. The first kappa shape index (κ1) is 92.3. The second-order valence-electron chi connectivity index (χ2n) is 36.7. The largest absolute Gasteiger partial charge is 0.444 e. The van der Waals surface area contributed by atoms with Crippen molar-refractivity contribution in [2.75, 3.05) is 144 Å². The van der Waals surface area contributed by atoms with E-state index in [2.05, 4.69) is 136 Å². The lowest BCUT2D eigenvalue weighted by Gasteiger charge is -2.45. The molecule has 0 spiro atoms. The van der Waals surface area contributed by atoms with Crippen LogP contribution in [-0.2, 0) is 23.7 Å². The number of amides is 3. The lowest BCUT2D eigenvalue weighted by atomic mass is 9.87. The van der Waals surface area contributed by atoms with Crippen LogP contribution in [-0.4, -0.2) is 243 Å². The van der Waals surface area contributed by atoms with E-state index in [0.29, 0.717) is 87.9 Å². The summed E-state index contributed by atoms with van der Waals surface area (Å²) in [6, 6.07) is 0. The third-order valence-corrected chi connectivity index (χ3v) is 17.2. The molecule has 7 fully saturated rings. The topological polar surface area (TPSA) is 132 Å². The molecule has 16 nitrogen and oxygen atoms in total. The molecule has 0 aromatic heterocycles. The van der Waals surface area contributed by atoms with Gasteiger partial charge in [0.2, 0.25) is 0 Å². The highest BCUT2D eigenvalue weighted by Gasteiger charge is 2.47. The van der Waals surface area contributed by atoms with Gasteiger partial charge in [0, 0.05) is 65.4 Å². The zero-order chi connectivity index (χ0) is 74.4. The summed E-state index contributed by atoms with van der Waals surface area (Å²) in [6.07, 6.45) is 11.4. The van der Waals surface area contributed by atoms with E-state index >= 15 is 0 Å². The number of nitrogens with zero attached hydrogens (tertiary/aromatic N) is 7. The highest BCUT2D eigenvalue weighted by molar-refractivity contribution is 5.70. The van der Waals surface area contributed by atoms with Gasteiger partial charge in [-0.25, -0.2) is 27.6 Å². The Bertz CT molecular complexity index is 2110. The molecule has 7 aliphatic rings. The van der Waals surface area contributed by atoms with E-state index in [1.54, 1.807) is 4.90 Å². The lowest BCUT2D eigenvalue weighted by molar-refractivity contribution is -0.0590. The van der Waals surface area contributed by atoms with Crippen molar-refractivity contribution in [3.8, 4) is 0 Å². The molecular weight excluding hydrogens is 1230 g/mol. The Morgan fingerprint density at radius 3 is 1.26 bits per heavy atom. The number of morpholine rings is 2. The number of carbonyl (C=O) groups is 3. The van der Waals surface area contributed by atoms with Crippen molar-refractivity contribution < 1.29 is 51.2 Å². The van der Waals surface area contributed by atoms with Crippen molar-refractivity contribution in [1.29, 1.82) is 0 Å². The van der Waals surface area contributed by atoms with Crippen LogP contribution < -0.4 is 5.32 Å². The Hall–Kier alpha value is -2.68. The van der Waals surface area contributed by atoms with Crippen molar-refractivity contribution in [1.82, 2.24) is 39.6 Å². The highest BCUT2D eigenvalue weighted by atomic mass is 19.2. The molecule has 0 aliphatic carbocycles. The normalized spacial score (nSPS) is 22.6. The molecule has 1 N–H and O–H groups in total. The van der Waals surface area contributed by atoms with Gasteiger partial charge in [-0.2, -0.15) is 0 Å². The molecule has 3 unspecified atom stereocenters. The van der Waals surface area contributed by atoms with Crippen LogP contribution in [0.2, 0.25) is 0 Å². The number of carbonyl (C=O) groups excluding carboxylic acids is 3. The number of halogens is 3. The first-order valence-electron chi connectivity index (χ1n) is 38.3. The van der Waals surface area contributed by atoms with Gasteiger partial charge in [-0.15, -0.1) is 0 Å². The van der Waals surface area contributed by atoms with Crippen molar-refractivity contribution in [2.24, 2.45) is 40.4 Å². The number of hydrogen-bond donors (Lipinski definition) is 1. The standard InChI is InChI=1S/C14H28N2O2.C14H27NO3.C12H22FNO2.C11H23NO.C10H21N.C9H18FN.C8H16FN/c1-12(2)6-7-15-8-10-16(11-9-15)13(17)18-14(3,4)5;1-13(2,3)9-11-10-15(7-8-17-11)12(16)18-14(4,5)6;1-9(2)6-12(13)7-14(8-12)10(15)16-11(3,4)5;1-5-12-6-7-13-10(9-12)8-11(2,3)4;1-10(2)6-5-9-11-7-3-4-8-11;1-4-11-6-9(10,7-11)5-8(2)3;1-7(2)5-8(9)3-4-10-6-8/h12H,6-11H2,1-5H3;11H,7-10H2,1-6H3;9H,6-8H2,1-5H3;10H,5-9H2,1-4H3;10H,3-9H2,1-2H3;8H,4-7H2,1-3H3;7,10H,3-6H2,1-2H3. The summed E-state index contributed by atoms with van der Waals surface area (Å²) in [6.45, 7) is 74.8. The molecule has 0 bridgehead atoms. The van der Waals surface area contributed by atoms with Gasteiger partial charge in [0.25, 0.3) is 0 Å². The Morgan fingerprint density at radius 2 is 0.856 bits per heavy atom. The second-order valence-corrected chi connectivity index (χ2v) is 36.7. The smallest absolute Gasteiger partial charge is 0.410 e. The Kier molecular flexibility index (Phi) is 41.3. The molecule has 576 valence electrons. The number of likely N-dealkylation sites (tertiary alicyclic amines) is 3. The molecule has 7 heterocycles. The van der Waals surface area contributed by atoms with E-state index in [9.17, 15) is 27.6 Å². The van der Waals surface area contributed by atoms with E-state index < -0.39 is 39.9 Å². The molecular formula is C78H155F3N8O8. The lowest BCUT2D eigenvalue weighted by Crippen LogP contribution is -2.62. The number of piperazine rings is 1. The third-order valence-electron chi connectivity index (χ3n) is 17.2. The number of hydrogen-bond acceptors (Lipinski definition) is 13. The average Bonchev–Trinajstić information content (AvgIpc) is 1.31. The van der Waals surface area contributed by atoms with Gasteiger partial charge in [0.1, 0.15) is 33.8 Å². The molecule has 0 aromatic carbocycles. The fourth-order valence-electron chi connectivity index (χ4n) is 13.0. The molecule has 97 heavy (non-hydrogen) atoms. The molecule has 0 saturated carbocycles. The first-order chi connectivity index (χ1) is 44.4. The molecule has 0 radical (unpaired) electrons. The maximum Gasteiger partial charge on any atom is 0.410 e. The van der Waals surface area contributed by atoms with Crippen LogP contribution in [0.1, 0.15) is 258 Å². The van der Waals surface area contributed by atoms with Gasteiger partial charge in [-0.05, 0) is 219 Å². The minimum absolute atomic E-state index is 0.117. The monoisotopic (exact) mass is 1390 g/mol. The van der Waals surface area contributed by atoms with Crippen LogP contribution in [0.3, 0.4) is 0 Å². The zero-order valence-electron chi connectivity index (χ0n) is 67.9. The summed E-state index contributed by atoms with van der Waals surface area (Å²) < 4.78 is 68.4. The maximum atomic E-state index is 14.0. The van der Waals surface area contributed by atoms with Crippen LogP contribution in [0.15, 0.2) is 0 Å². The molecule has 7 rings (SSSR count). The first-order valence-corrected chi connectivity index (χ1v) is 38.3. The molecule has 7 saturated heterocycles. The number of likely N-dealkylation sites (N-methyl/N-ethyl adjacent to an activating group) is 1. The second kappa shape index (κ2) is 43.4. The SMILES string of the molecule is CC(C)(C)CC1CN(C(=O)OC(C)(C)C)CCO1.CC(C)CC1(F)CCNC1.CC(C)CC1(F)CN(C(=O)OC(C)(C)C)C1.CC(C)CCCN1CCCC1.CC(C)CCN1CCN(C(=O)OC(C)(C)C)CC1.CCN1CC(F)(CC(C)C)C1.CCN1CCOC(CC(C)(C)C)C1. The van der Waals surface area contributed by atoms with Crippen LogP contribution in [0.25, 0.3) is 0 Å². The number of alkyl halides is 3. The summed E-state index contributed by atoms with van der Waals surface area (Å²) in [4.78, 5) is 50.0.